The maximum atomic E-state index is 12.2. The van der Waals surface area contributed by atoms with Crippen LogP contribution >= 0.6 is 0 Å². The van der Waals surface area contributed by atoms with Gasteiger partial charge < -0.3 is 9.47 Å². The third-order valence-corrected chi connectivity index (χ3v) is 3.88. The van der Waals surface area contributed by atoms with Crippen LogP contribution in [0.1, 0.15) is 25.3 Å². The topological polar surface area (TPSA) is 55.8 Å². The van der Waals surface area contributed by atoms with E-state index in [-0.39, 0.29) is 12.6 Å². The summed E-state index contributed by atoms with van der Waals surface area (Å²) in [4.78, 5) is 25.5. The molecule has 0 N–H and O–H groups in total. The fourth-order valence-electron chi connectivity index (χ4n) is 2.58. The first kappa shape index (κ1) is 15.4. The van der Waals surface area contributed by atoms with Gasteiger partial charge in [0.05, 0.1) is 7.11 Å². The molecule has 1 saturated heterocycles. The highest BCUT2D eigenvalue weighted by atomic mass is 16.6. The molecule has 0 aliphatic carbocycles. The second-order valence-corrected chi connectivity index (χ2v) is 5.24. The van der Waals surface area contributed by atoms with Crippen molar-refractivity contribution in [2.75, 3.05) is 13.7 Å². The molecule has 5 nitrogen and oxygen atoms in total. The van der Waals surface area contributed by atoms with E-state index < -0.39 is 12.1 Å². The number of nitrogens with zero attached hydrogens (tertiary/aromatic N) is 1. The number of methoxy groups -OCH3 is 1. The van der Waals surface area contributed by atoms with Crippen LogP contribution in [0.2, 0.25) is 0 Å². The van der Waals surface area contributed by atoms with Gasteiger partial charge in [-0.2, -0.15) is 0 Å². The Kier molecular flexibility index (Phi) is 5.20. The number of benzene rings is 1. The van der Waals surface area contributed by atoms with Gasteiger partial charge in [-0.15, -0.1) is 0 Å². The number of hydrogen-bond acceptors (Lipinski definition) is 4. The number of carbonyl (C=O) groups is 2. The molecule has 0 saturated carbocycles. The van der Waals surface area contributed by atoms with E-state index in [1.807, 2.05) is 30.3 Å². The summed E-state index contributed by atoms with van der Waals surface area (Å²) in [6.07, 6.45) is 1.12. The molecule has 2 atom stereocenters. The molecule has 0 radical (unpaired) electrons. The highest BCUT2D eigenvalue weighted by Crippen LogP contribution is 2.27. The van der Waals surface area contributed by atoms with E-state index in [1.165, 1.54) is 12.0 Å². The predicted octanol–water partition coefficient (Wildman–Crippen LogP) is 2.60. The molecule has 114 valence electrons. The molecule has 21 heavy (non-hydrogen) atoms. The zero-order chi connectivity index (χ0) is 15.2. The van der Waals surface area contributed by atoms with Gasteiger partial charge in [0.2, 0.25) is 0 Å². The van der Waals surface area contributed by atoms with Gasteiger partial charge in [-0.1, -0.05) is 43.7 Å². The van der Waals surface area contributed by atoms with Crippen LogP contribution in [0.3, 0.4) is 0 Å². The van der Waals surface area contributed by atoms with Gasteiger partial charge in [0.15, 0.2) is 0 Å². The Morgan fingerprint density at radius 2 is 2.00 bits per heavy atom. The largest absolute Gasteiger partial charge is 0.467 e. The van der Waals surface area contributed by atoms with Crippen molar-refractivity contribution in [3.05, 3.63) is 35.9 Å². The summed E-state index contributed by atoms with van der Waals surface area (Å²) in [6.45, 7) is 2.81. The van der Waals surface area contributed by atoms with Gasteiger partial charge in [0, 0.05) is 6.54 Å². The molecule has 1 amide bonds. The number of hydrogen-bond donors (Lipinski definition) is 0. The Balaban J connectivity index is 1.97. The molecule has 2 rings (SSSR count). The van der Waals surface area contributed by atoms with Crippen LogP contribution in [0, 0.1) is 5.92 Å². The Morgan fingerprint density at radius 3 is 2.62 bits per heavy atom. The van der Waals surface area contributed by atoms with Crippen molar-refractivity contribution in [3.8, 4) is 0 Å². The van der Waals surface area contributed by atoms with Crippen LogP contribution in [0.5, 0.6) is 0 Å². The van der Waals surface area contributed by atoms with Crippen molar-refractivity contribution < 1.29 is 19.1 Å². The van der Waals surface area contributed by atoms with Crippen molar-refractivity contribution in [2.24, 2.45) is 5.92 Å². The smallest absolute Gasteiger partial charge is 0.410 e. The van der Waals surface area contributed by atoms with E-state index in [9.17, 15) is 9.59 Å². The van der Waals surface area contributed by atoms with Crippen LogP contribution in [0.4, 0.5) is 4.79 Å². The van der Waals surface area contributed by atoms with Crippen LogP contribution < -0.4 is 0 Å². The molecule has 0 spiro atoms. The van der Waals surface area contributed by atoms with E-state index >= 15 is 0 Å². The van der Waals surface area contributed by atoms with Crippen LogP contribution in [0.25, 0.3) is 0 Å². The summed E-state index contributed by atoms with van der Waals surface area (Å²) in [5.41, 5.74) is 0.923. The molecular formula is C16H21NO4. The standard InChI is InChI=1S/C16H21NO4/c1-3-12-9-14(15(18)20-2)17(10-12)16(19)21-11-13-7-5-4-6-8-13/h4-8,12,14H,3,9-11H2,1-2H3/t12-,14+/m1/s1. The van der Waals surface area contributed by atoms with Crippen molar-refractivity contribution >= 4 is 12.1 Å². The number of carbonyl (C=O) groups excluding carboxylic acids is 2. The average molecular weight is 291 g/mol. The Bertz CT molecular complexity index is 488. The highest BCUT2D eigenvalue weighted by molar-refractivity contribution is 5.82. The van der Waals surface area contributed by atoms with E-state index in [2.05, 4.69) is 6.92 Å². The Morgan fingerprint density at radius 1 is 1.29 bits per heavy atom. The van der Waals surface area contributed by atoms with E-state index in [4.69, 9.17) is 9.47 Å². The summed E-state index contributed by atoms with van der Waals surface area (Å²) >= 11 is 0. The lowest BCUT2D eigenvalue weighted by atomic mass is 10.0. The number of likely N-dealkylation sites (tertiary alicyclic amines) is 1. The lowest BCUT2D eigenvalue weighted by molar-refractivity contribution is -0.145. The maximum Gasteiger partial charge on any atom is 0.410 e. The molecule has 1 aromatic rings. The third kappa shape index (κ3) is 3.74. The lowest BCUT2D eigenvalue weighted by Crippen LogP contribution is -2.41. The molecule has 5 heteroatoms. The van der Waals surface area contributed by atoms with Gasteiger partial charge in [0.25, 0.3) is 0 Å². The van der Waals surface area contributed by atoms with E-state index in [0.717, 1.165) is 12.0 Å². The summed E-state index contributed by atoms with van der Waals surface area (Å²) < 4.78 is 10.1. The van der Waals surface area contributed by atoms with Crippen molar-refractivity contribution in [2.45, 2.75) is 32.4 Å². The van der Waals surface area contributed by atoms with Gasteiger partial charge in [0.1, 0.15) is 12.6 Å². The number of rotatable bonds is 4. The summed E-state index contributed by atoms with van der Waals surface area (Å²) in [7, 11) is 1.34. The van der Waals surface area contributed by atoms with Crippen molar-refractivity contribution in [3.63, 3.8) is 0 Å². The first-order valence-electron chi connectivity index (χ1n) is 7.20. The van der Waals surface area contributed by atoms with Crippen LogP contribution in [-0.4, -0.2) is 36.7 Å². The zero-order valence-electron chi connectivity index (χ0n) is 12.5. The average Bonchev–Trinajstić information content (AvgIpc) is 2.97. The number of amides is 1. The second kappa shape index (κ2) is 7.11. The van der Waals surface area contributed by atoms with Crippen molar-refractivity contribution in [1.29, 1.82) is 0 Å². The second-order valence-electron chi connectivity index (χ2n) is 5.24. The van der Waals surface area contributed by atoms with Gasteiger partial charge >= 0.3 is 12.1 Å². The summed E-state index contributed by atoms with van der Waals surface area (Å²) in [6, 6.07) is 8.95. The normalized spacial score (nSPS) is 21.1. The minimum Gasteiger partial charge on any atom is -0.467 e. The Labute approximate surface area is 124 Å². The monoisotopic (exact) mass is 291 g/mol. The van der Waals surface area contributed by atoms with Gasteiger partial charge in [-0.3, -0.25) is 4.90 Å². The minimum atomic E-state index is -0.525. The summed E-state index contributed by atoms with van der Waals surface area (Å²) in [5.74, 6) is -0.0546. The molecule has 0 bridgehead atoms. The quantitative estimate of drug-likeness (QED) is 0.800. The molecule has 1 heterocycles. The lowest BCUT2D eigenvalue weighted by Gasteiger charge is -2.22. The molecule has 1 aliphatic rings. The van der Waals surface area contributed by atoms with Gasteiger partial charge in [-0.05, 0) is 17.9 Å². The van der Waals surface area contributed by atoms with Crippen LogP contribution in [-0.2, 0) is 20.9 Å². The summed E-state index contributed by atoms with van der Waals surface area (Å²) in [5, 5.41) is 0. The third-order valence-electron chi connectivity index (χ3n) is 3.88. The molecule has 1 aromatic carbocycles. The number of esters is 1. The van der Waals surface area contributed by atoms with E-state index in [0.29, 0.717) is 18.9 Å². The van der Waals surface area contributed by atoms with Crippen LogP contribution in [0.15, 0.2) is 30.3 Å². The highest BCUT2D eigenvalue weighted by Gasteiger charge is 2.40. The first-order valence-corrected chi connectivity index (χ1v) is 7.20. The predicted molar refractivity (Wildman–Crippen MR) is 77.5 cm³/mol. The molecule has 0 unspecified atom stereocenters. The zero-order valence-corrected chi connectivity index (χ0v) is 12.5. The SMILES string of the molecule is CC[C@@H]1C[C@@H](C(=O)OC)N(C(=O)OCc2ccccc2)C1. The molecular weight excluding hydrogens is 270 g/mol. The fourth-order valence-corrected chi connectivity index (χ4v) is 2.58. The number of ether oxygens (including phenoxy) is 2. The fraction of sp³-hybridized carbons (Fsp3) is 0.500. The molecule has 0 aromatic heterocycles. The molecule has 1 fully saturated rings. The molecule has 1 aliphatic heterocycles. The van der Waals surface area contributed by atoms with E-state index in [1.54, 1.807) is 0 Å². The maximum absolute atomic E-state index is 12.2. The minimum absolute atomic E-state index is 0.209. The van der Waals surface area contributed by atoms with Crippen molar-refractivity contribution in [1.82, 2.24) is 4.90 Å². The Hall–Kier alpha value is -2.04. The first-order chi connectivity index (χ1) is 10.2. The van der Waals surface area contributed by atoms with Gasteiger partial charge in [-0.25, -0.2) is 9.59 Å².